The largest absolute Gasteiger partial charge is 0.440 e. The van der Waals surface area contributed by atoms with Crippen LogP contribution in [0.4, 0.5) is 18.0 Å². The third-order valence-corrected chi connectivity index (χ3v) is 4.56. The molecule has 0 heterocycles. The fraction of sp³-hybridized carbons (Fsp3) is 0.409. The summed E-state index contributed by atoms with van der Waals surface area (Å²) < 4.78 is 41.0. The standard InChI is InChI=1S/C22H27F3N2O2/c1-15(2)19(27-21(28)29-14-22(23,24)25)13-26-20(17-7-5-4-6-8-17)18-11-9-16(3)10-12-18/h4-12,15,19-20,26H,13-14H2,1-3H3,(H,27,28). The maximum atomic E-state index is 12.3. The van der Waals surface area contributed by atoms with Crippen molar-refractivity contribution in [2.24, 2.45) is 5.92 Å². The SMILES string of the molecule is Cc1ccc(C(NCC(NC(=O)OCC(F)(F)F)C(C)C)c2ccccc2)cc1. The molecule has 1 amide bonds. The molecule has 2 aromatic carbocycles. The Morgan fingerprint density at radius 1 is 1.00 bits per heavy atom. The molecule has 2 atom stereocenters. The van der Waals surface area contributed by atoms with E-state index in [0.29, 0.717) is 6.54 Å². The number of hydrogen-bond acceptors (Lipinski definition) is 3. The van der Waals surface area contributed by atoms with Crippen LogP contribution in [0.2, 0.25) is 0 Å². The first-order chi connectivity index (χ1) is 13.7. The molecule has 0 spiro atoms. The van der Waals surface area contributed by atoms with E-state index in [1.807, 2.05) is 75.4 Å². The van der Waals surface area contributed by atoms with E-state index in [1.165, 1.54) is 0 Å². The Morgan fingerprint density at radius 3 is 2.14 bits per heavy atom. The highest BCUT2D eigenvalue weighted by atomic mass is 19.4. The lowest BCUT2D eigenvalue weighted by Gasteiger charge is -2.27. The topological polar surface area (TPSA) is 50.4 Å². The zero-order valence-corrected chi connectivity index (χ0v) is 16.8. The van der Waals surface area contributed by atoms with Crippen LogP contribution < -0.4 is 10.6 Å². The molecule has 2 N–H and O–H groups in total. The molecule has 2 unspecified atom stereocenters. The summed E-state index contributed by atoms with van der Waals surface area (Å²) in [5, 5.41) is 5.97. The molecule has 7 heteroatoms. The Labute approximate surface area is 169 Å². The second-order valence-electron chi connectivity index (χ2n) is 7.35. The number of hydrogen-bond donors (Lipinski definition) is 2. The molecule has 0 aliphatic rings. The van der Waals surface area contributed by atoms with Crippen LogP contribution >= 0.6 is 0 Å². The predicted octanol–water partition coefficient (Wildman–Crippen LogP) is 4.99. The molecule has 0 saturated heterocycles. The first kappa shape index (κ1) is 22.7. The number of carbonyl (C=O) groups is 1. The molecule has 158 valence electrons. The molecule has 0 bridgehead atoms. The van der Waals surface area contributed by atoms with Crippen molar-refractivity contribution < 1.29 is 22.7 Å². The van der Waals surface area contributed by atoms with Crippen LogP contribution in [0, 0.1) is 12.8 Å². The second-order valence-corrected chi connectivity index (χ2v) is 7.35. The molecule has 2 rings (SSSR count). The molecule has 4 nitrogen and oxygen atoms in total. The van der Waals surface area contributed by atoms with Gasteiger partial charge in [0.25, 0.3) is 0 Å². The van der Waals surface area contributed by atoms with Crippen molar-refractivity contribution in [2.45, 2.75) is 39.0 Å². The molecule has 0 radical (unpaired) electrons. The molecule has 0 fully saturated rings. The Kier molecular flexibility index (Phi) is 8.08. The predicted molar refractivity (Wildman–Crippen MR) is 107 cm³/mol. The van der Waals surface area contributed by atoms with Crippen LogP contribution in [0.3, 0.4) is 0 Å². The Morgan fingerprint density at radius 2 is 1.59 bits per heavy atom. The summed E-state index contributed by atoms with van der Waals surface area (Å²) in [6, 6.07) is 17.5. The van der Waals surface area contributed by atoms with Crippen LogP contribution in [0.25, 0.3) is 0 Å². The number of benzene rings is 2. The van der Waals surface area contributed by atoms with Crippen molar-refractivity contribution in [1.29, 1.82) is 0 Å². The van der Waals surface area contributed by atoms with Crippen LogP contribution in [-0.2, 0) is 4.74 Å². The van der Waals surface area contributed by atoms with Gasteiger partial charge in [0.05, 0.1) is 6.04 Å². The van der Waals surface area contributed by atoms with E-state index in [-0.39, 0.29) is 12.0 Å². The molecule has 0 saturated carbocycles. The molecule has 0 aliphatic heterocycles. The number of ether oxygens (including phenoxy) is 1. The van der Waals surface area contributed by atoms with Gasteiger partial charge in [-0.25, -0.2) is 4.79 Å². The first-order valence-corrected chi connectivity index (χ1v) is 9.50. The number of alkyl halides is 3. The number of alkyl carbamates (subject to hydrolysis) is 1. The molecular weight excluding hydrogens is 381 g/mol. The minimum Gasteiger partial charge on any atom is -0.440 e. The van der Waals surface area contributed by atoms with Crippen LogP contribution in [-0.4, -0.2) is 31.5 Å². The van der Waals surface area contributed by atoms with Crippen molar-refractivity contribution in [1.82, 2.24) is 10.6 Å². The van der Waals surface area contributed by atoms with Gasteiger partial charge in [-0.05, 0) is 24.0 Å². The smallest absolute Gasteiger partial charge is 0.422 e. The Hall–Kier alpha value is -2.54. The number of amides is 1. The van der Waals surface area contributed by atoms with Gasteiger partial charge in [0.15, 0.2) is 6.61 Å². The van der Waals surface area contributed by atoms with Crippen molar-refractivity contribution in [3.8, 4) is 0 Å². The minimum atomic E-state index is -4.55. The minimum absolute atomic E-state index is 0.00428. The highest BCUT2D eigenvalue weighted by Crippen LogP contribution is 2.23. The summed E-state index contributed by atoms with van der Waals surface area (Å²) in [6.07, 6.45) is -5.62. The van der Waals surface area contributed by atoms with E-state index in [4.69, 9.17) is 0 Å². The normalized spacial score (nSPS) is 13.8. The highest BCUT2D eigenvalue weighted by Gasteiger charge is 2.30. The van der Waals surface area contributed by atoms with E-state index in [1.54, 1.807) is 0 Å². The molecular formula is C22H27F3N2O2. The van der Waals surface area contributed by atoms with E-state index < -0.39 is 24.9 Å². The Bertz CT molecular complexity index is 762. The highest BCUT2D eigenvalue weighted by molar-refractivity contribution is 5.67. The van der Waals surface area contributed by atoms with Crippen molar-refractivity contribution in [3.63, 3.8) is 0 Å². The molecule has 2 aromatic rings. The van der Waals surface area contributed by atoms with Crippen LogP contribution in [0.1, 0.15) is 36.6 Å². The maximum absolute atomic E-state index is 12.3. The number of nitrogens with one attached hydrogen (secondary N) is 2. The van der Waals surface area contributed by atoms with Gasteiger partial charge in [-0.3, -0.25) is 0 Å². The average molecular weight is 408 g/mol. The van der Waals surface area contributed by atoms with E-state index in [0.717, 1.165) is 16.7 Å². The number of halogens is 3. The molecule has 29 heavy (non-hydrogen) atoms. The lowest BCUT2D eigenvalue weighted by atomic mass is 9.96. The number of rotatable bonds is 8. The van der Waals surface area contributed by atoms with Crippen LogP contribution in [0.15, 0.2) is 54.6 Å². The fourth-order valence-corrected chi connectivity index (χ4v) is 2.87. The zero-order valence-electron chi connectivity index (χ0n) is 16.8. The lowest BCUT2D eigenvalue weighted by molar-refractivity contribution is -0.160. The third kappa shape index (κ3) is 7.77. The number of aryl methyl sites for hydroxylation is 1. The van der Waals surface area contributed by atoms with Crippen LogP contribution in [0.5, 0.6) is 0 Å². The lowest BCUT2D eigenvalue weighted by Crippen LogP contribution is -2.46. The second kappa shape index (κ2) is 10.3. The van der Waals surface area contributed by atoms with Crippen molar-refractivity contribution >= 4 is 6.09 Å². The van der Waals surface area contributed by atoms with Crippen molar-refractivity contribution in [3.05, 3.63) is 71.3 Å². The summed E-state index contributed by atoms with van der Waals surface area (Å²) in [6.45, 7) is 4.55. The van der Waals surface area contributed by atoms with Gasteiger partial charge in [-0.2, -0.15) is 13.2 Å². The van der Waals surface area contributed by atoms with Gasteiger partial charge in [0.2, 0.25) is 0 Å². The summed E-state index contributed by atoms with van der Waals surface area (Å²) in [5.41, 5.74) is 3.26. The first-order valence-electron chi connectivity index (χ1n) is 9.50. The maximum Gasteiger partial charge on any atom is 0.422 e. The summed E-state index contributed by atoms with van der Waals surface area (Å²) in [7, 11) is 0. The Balaban J connectivity index is 2.08. The molecule has 0 aliphatic carbocycles. The van der Waals surface area contributed by atoms with Gasteiger partial charge in [0.1, 0.15) is 0 Å². The van der Waals surface area contributed by atoms with E-state index in [9.17, 15) is 18.0 Å². The van der Waals surface area contributed by atoms with Gasteiger partial charge in [-0.15, -0.1) is 0 Å². The fourth-order valence-electron chi connectivity index (χ4n) is 2.87. The van der Waals surface area contributed by atoms with E-state index in [2.05, 4.69) is 15.4 Å². The quantitative estimate of drug-likeness (QED) is 0.647. The average Bonchev–Trinajstić information content (AvgIpc) is 2.67. The van der Waals surface area contributed by atoms with E-state index >= 15 is 0 Å². The van der Waals surface area contributed by atoms with Gasteiger partial charge in [0, 0.05) is 12.6 Å². The summed E-state index contributed by atoms with van der Waals surface area (Å²) >= 11 is 0. The number of carbonyl (C=O) groups excluding carboxylic acids is 1. The van der Waals surface area contributed by atoms with Crippen molar-refractivity contribution in [2.75, 3.05) is 13.2 Å². The summed E-state index contributed by atoms with van der Waals surface area (Å²) in [5.74, 6) is -0.00428. The van der Waals surface area contributed by atoms with Gasteiger partial charge in [-0.1, -0.05) is 74.0 Å². The third-order valence-electron chi connectivity index (χ3n) is 4.56. The van der Waals surface area contributed by atoms with Gasteiger partial charge >= 0.3 is 12.3 Å². The summed E-state index contributed by atoms with van der Waals surface area (Å²) in [4.78, 5) is 11.8. The monoisotopic (exact) mass is 408 g/mol. The van der Waals surface area contributed by atoms with Gasteiger partial charge < -0.3 is 15.4 Å². The zero-order chi connectivity index (χ0) is 21.4. The molecule has 0 aromatic heterocycles.